The maximum atomic E-state index is 10.9. The maximum Gasteiger partial charge on any atom is 0.326 e. The van der Waals surface area contributed by atoms with Crippen LogP contribution in [0, 0.1) is 0 Å². The van der Waals surface area contributed by atoms with Crippen molar-refractivity contribution in [3.8, 4) is 0 Å². The molecule has 2 rings (SSSR count). The van der Waals surface area contributed by atoms with Gasteiger partial charge in [0.25, 0.3) is 0 Å². The van der Waals surface area contributed by atoms with E-state index < -0.39 is 17.9 Å². The Hall–Kier alpha value is -2.45. The minimum atomic E-state index is -1.14. The van der Waals surface area contributed by atoms with Gasteiger partial charge in [0.2, 0.25) is 5.91 Å². The van der Waals surface area contributed by atoms with Gasteiger partial charge in [-0.1, -0.05) is 0 Å². The highest BCUT2D eigenvalue weighted by Crippen LogP contribution is 2.23. The fourth-order valence-electron chi connectivity index (χ4n) is 1.45. The normalized spacial score (nSPS) is 11.8. The minimum absolute atomic E-state index is 0.291. The number of carbonyl (C=O) groups excluding carboxylic acids is 1. The SMILES string of the molecule is NC(=O)c1ccc(Nc2nc(C(N)C(=O)O)cs2)cc1. The molecule has 1 aromatic heterocycles. The highest BCUT2D eigenvalue weighted by atomic mass is 32.1. The lowest BCUT2D eigenvalue weighted by molar-refractivity contribution is -0.138. The van der Waals surface area contributed by atoms with Gasteiger partial charge < -0.3 is 21.9 Å². The smallest absolute Gasteiger partial charge is 0.326 e. The zero-order valence-corrected chi connectivity index (χ0v) is 11.1. The molecule has 1 amide bonds. The number of nitrogens with zero attached hydrogens (tertiary/aromatic N) is 1. The lowest BCUT2D eigenvalue weighted by Crippen LogP contribution is -2.20. The summed E-state index contributed by atoms with van der Waals surface area (Å²) in [6.07, 6.45) is 0. The molecule has 2 aromatic rings. The quantitative estimate of drug-likeness (QED) is 0.652. The molecule has 1 atom stereocenters. The molecule has 0 aliphatic rings. The highest BCUT2D eigenvalue weighted by Gasteiger charge is 2.17. The molecule has 0 aliphatic heterocycles. The van der Waals surface area contributed by atoms with E-state index in [1.807, 2.05) is 0 Å². The zero-order chi connectivity index (χ0) is 14.7. The summed E-state index contributed by atoms with van der Waals surface area (Å²) >= 11 is 1.24. The summed E-state index contributed by atoms with van der Waals surface area (Å²) in [7, 11) is 0. The third-order valence-corrected chi connectivity index (χ3v) is 3.30. The molecule has 6 N–H and O–H groups in total. The first kappa shape index (κ1) is 14.0. The standard InChI is InChI=1S/C12H12N4O3S/c13-9(11(18)19)8-5-20-12(16-8)15-7-3-1-6(2-4-7)10(14)17/h1-5,9H,13H2,(H2,14,17)(H,15,16)(H,18,19). The van der Waals surface area contributed by atoms with Gasteiger partial charge in [0.1, 0.15) is 6.04 Å². The van der Waals surface area contributed by atoms with Crippen LogP contribution >= 0.6 is 11.3 Å². The van der Waals surface area contributed by atoms with Crippen molar-refractivity contribution in [3.05, 3.63) is 40.9 Å². The highest BCUT2D eigenvalue weighted by molar-refractivity contribution is 7.13. The Labute approximate surface area is 118 Å². The molecule has 0 spiro atoms. The van der Waals surface area contributed by atoms with Crippen LogP contribution in [0.15, 0.2) is 29.6 Å². The number of carboxylic acids is 1. The van der Waals surface area contributed by atoms with E-state index in [2.05, 4.69) is 10.3 Å². The number of aromatic nitrogens is 1. The number of nitrogens with one attached hydrogen (secondary N) is 1. The van der Waals surface area contributed by atoms with Crippen molar-refractivity contribution in [2.24, 2.45) is 11.5 Å². The molecule has 1 unspecified atom stereocenters. The summed E-state index contributed by atoms with van der Waals surface area (Å²) in [5.74, 6) is -1.63. The summed E-state index contributed by atoms with van der Waals surface area (Å²) in [5, 5.41) is 13.9. The number of carbonyl (C=O) groups is 2. The number of hydrogen-bond acceptors (Lipinski definition) is 6. The van der Waals surface area contributed by atoms with Crippen LogP contribution < -0.4 is 16.8 Å². The Morgan fingerprint density at radius 2 is 1.95 bits per heavy atom. The second kappa shape index (κ2) is 5.68. The minimum Gasteiger partial charge on any atom is -0.480 e. The van der Waals surface area contributed by atoms with Gasteiger partial charge in [-0.3, -0.25) is 9.59 Å². The summed E-state index contributed by atoms with van der Waals surface area (Å²) in [4.78, 5) is 25.8. The summed E-state index contributed by atoms with van der Waals surface area (Å²) in [5.41, 5.74) is 12.0. The second-order valence-electron chi connectivity index (χ2n) is 3.96. The van der Waals surface area contributed by atoms with E-state index in [0.717, 1.165) is 0 Å². The van der Waals surface area contributed by atoms with Crippen molar-refractivity contribution in [1.29, 1.82) is 0 Å². The first-order valence-corrected chi connectivity index (χ1v) is 6.46. The summed E-state index contributed by atoms with van der Waals surface area (Å²) < 4.78 is 0. The molecule has 20 heavy (non-hydrogen) atoms. The molecule has 0 aliphatic carbocycles. The van der Waals surface area contributed by atoms with Crippen molar-refractivity contribution in [2.45, 2.75) is 6.04 Å². The summed E-state index contributed by atoms with van der Waals surface area (Å²) in [6.45, 7) is 0. The average Bonchev–Trinajstić information content (AvgIpc) is 2.86. The lowest BCUT2D eigenvalue weighted by Gasteiger charge is -2.04. The number of amides is 1. The van der Waals surface area contributed by atoms with E-state index >= 15 is 0 Å². The van der Waals surface area contributed by atoms with Gasteiger partial charge in [-0.25, -0.2) is 4.98 Å². The number of carboxylic acid groups (broad SMARTS) is 1. The van der Waals surface area contributed by atoms with Crippen LogP contribution in [0.25, 0.3) is 0 Å². The largest absolute Gasteiger partial charge is 0.480 e. The molecule has 8 heteroatoms. The number of anilines is 2. The molecular formula is C12H12N4O3S. The second-order valence-corrected chi connectivity index (χ2v) is 4.82. The predicted octanol–water partition coefficient (Wildman–Crippen LogP) is 1.07. The van der Waals surface area contributed by atoms with Crippen LogP contribution in [0.5, 0.6) is 0 Å². The van der Waals surface area contributed by atoms with E-state index in [1.54, 1.807) is 29.6 Å². The van der Waals surface area contributed by atoms with E-state index in [1.165, 1.54) is 11.3 Å². The van der Waals surface area contributed by atoms with Gasteiger partial charge in [-0.15, -0.1) is 11.3 Å². The summed E-state index contributed by atoms with van der Waals surface area (Å²) in [6, 6.07) is 5.39. The monoisotopic (exact) mass is 292 g/mol. The van der Waals surface area contributed by atoms with Crippen molar-refractivity contribution in [1.82, 2.24) is 4.98 Å². The molecule has 0 saturated carbocycles. The molecule has 0 radical (unpaired) electrons. The van der Waals surface area contributed by atoms with Gasteiger partial charge >= 0.3 is 5.97 Å². The first-order chi connectivity index (χ1) is 9.47. The molecule has 104 valence electrons. The predicted molar refractivity (Wildman–Crippen MR) is 74.9 cm³/mol. The van der Waals surface area contributed by atoms with Gasteiger partial charge in [-0.2, -0.15) is 0 Å². The Morgan fingerprint density at radius 1 is 1.30 bits per heavy atom. The van der Waals surface area contributed by atoms with Gasteiger partial charge in [0, 0.05) is 16.6 Å². The Bertz CT molecular complexity index is 638. The third kappa shape index (κ3) is 3.11. The van der Waals surface area contributed by atoms with E-state index in [9.17, 15) is 9.59 Å². The van der Waals surface area contributed by atoms with Crippen molar-refractivity contribution >= 4 is 34.0 Å². The number of hydrogen-bond donors (Lipinski definition) is 4. The van der Waals surface area contributed by atoms with E-state index in [4.69, 9.17) is 16.6 Å². The Kier molecular flexibility index (Phi) is 3.97. The fraction of sp³-hybridized carbons (Fsp3) is 0.0833. The molecule has 1 aromatic carbocycles. The maximum absolute atomic E-state index is 10.9. The molecule has 0 bridgehead atoms. The van der Waals surface area contributed by atoms with E-state index in [-0.39, 0.29) is 0 Å². The third-order valence-electron chi connectivity index (χ3n) is 2.53. The lowest BCUT2D eigenvalue weighted by atomic mass is 10.2. The molecule has 0 saturated heterocycles. The van der Waals surface area contributed by atoms with Crippen LogP contribution in [0.1, 0.15) is 22.1 Å². The first-order valence-electron chi connectivity index (χ1n) is 5.58. The number of thiazole rings is 1. The fourth-order valence-corrected chi connectivity index (χ4v) is 2.22. The molecule has 1 heterocycles. The van der Waals surface area contributed by atoms with E-state index in [0.29, 0.717) is 22.1 Å². The molecule has 0 fully saturated rings. The topological polar surface area (TPSA) is 131 Å². The number of benzene rings is 1. The molecule has 7 nitrogen and oxygen atoms in total. The van der Waals surface area contributed by atoms with Crippen LogP contribution in [0.3, 0.4) is 0 Å². The average molecular weight is 292 g/mol. The number of aliphatic carboxylic acids is 1. The van der Waals surface area contributed by atoms with Crippen LogP contribution in [-0.4, -0.2) is 22.0 Å². The van der Waals surface area contributed by atoms with Crippen molar-refractivity contribution in [3.63, 3.8) is 0 Å². The van der Waals surface area contributed by atoms with Crippen LogP contribution in [0.4, 0.5) is 10.8 Å². The van der Waals surface area contributed by atoms with Crippen molar-refractivity contribution in [2.75, 3.05) is 5.32 Å². The molecular weight excluding hydrogens is 280 g/mol. The van der Waals surface area contributed by atoms with Crippen LogP contribution in [0.2, 0.25) is 0 Å². The number of nitrogens with two attached hydrogens (primary N) is 2. The van der Waals surface area contributed by atoms with Crippen LogP contribution in [-0.2, 0) is 4.79 Å². The Balaban J connectivity index is 2.10. The Morgan fingerprint density at radius 3 is 2.50 bits per heavy atom. The number of rotatable bonds is 5. The zero-order valence-electron chi connectivity index (χ0n) is 10.2. The van der Waals surface area contributed by atoms with Gasteiger partial charge in [0.05, 0.1) is 5.69 Å². The number of primary amides is 1. The van der Waals surface area contributed by atoms with Crippen molar-refractivity contribution < 1.29 is 14.7 Å². The van der Waals surface area contributed by atoms with Gasteiger partial charge in [-0.05, 0) is 24.3 Å². The van der Waals surface area contributed by atoms with Gasteiger partial charge in [0.15, 0.2) is 5.13 Å².